The third kappa shape index (κ3) is 2.72. The van der Waals surface area contributed by atoms with Crippen LogP contribution in [0.1, 0.15) is 40.3 Å². The SMILES string of the molecule is Cc1ccc([C@@H]2CC(=O)Nc3c2c(C)nn3-c2nc3ccc(C)cc3s2)cc1. The number of carbonyl (C=O) groups excluding carboxylic acids is 1. The van der Waals surface area contributed by atoms with Crippen molar-refractivity contribution in [2.45, 2.75) is 33.1 Å². The van der Waals surface area contributed by atoms with Gasteiger partial charge in [0.2, 0.25) is 11.0 Å². The maximum Gasteiger partial charge on any atom is 0.226 e. The molecule has 6 heteroatoms. The van der Waals surface area contributed by atoms with Gasteiger partial charge in [-0.05, 0) is 44.0 Å². The van der Waals surface area contributed by atoms with Crippen LogP contribution in [0.3, 0.4) is 0 Å². The Balaban J connectivity index is 1.67. The van der Waals surface area contributed by atoms with Gasteiger partial charge in [0.05, 0.1) is 15.9 Å². The van der Waals surface area contributed by atoms with Crippen LogP contribution in [0, 0.1) is 20.8 Å². The summed E-state index contributed by atoms with van der Waals surface area (Å²) in [5, 5.41) is 8.57. The summed E-state index contributed by atoms with van der Waals surface area (Å²) < 4.78 is 2.91. The monoisotopic (exact) mass is 388 g/mol. The van der Waals surface area contributed by atoms with Gasteiger partial charge in [-0.3, -0.25) is 4.79 Å². The van der Waals surface area contributed by atoms with Crippen LogP contribution in [0.15, 0.2) is 42.5 Å². The van der Waals surface area contributed by atoms with Crippen molar-refractivity contribution in [3.63, 3.8) is 0 Å². The van der Waals surface area contributed by atoms with Gasteiger partial charge in [-0.15, -0.1) is 0 Å². The molecule has 2 aromatic carbocycles. The molecule has 1 atom stereocenters. The first-order valence-corrected chi connectivity index (χ1v) is 10.1. The molecule has 28 heavy (non-hydrogen) atoms. The Bertz CT molecular complexity index is 1220. The molecule has 2 aromatic heterocycles. The Kier molecular flexibility index (Phi) is 3.84. The van der Waals surface area contributed by atoms with Gasteiger partial charge in [-0.1, -0.05) is 47.2 Å². The zero-order valence-electron chi connectivity index (χ0n) is 16.0. The van der Waals surface area contributed by atoms with Crippen molar-refractivity contribution < 1.29 is 4.79 Å². The van der Waals surface area contributed by atoms with Crippen molar-refractivity contribution in [2.75, 3.05) is 5.32 Å². The van der Waals surface area contributed by atoms with Crippen LogP contribution in [0.4, 0.5) is 5.82 Å². The number of rotatable bonds is 2. The highest BCUT2D eigenvalue weighted by Gasteiger charge is 2.33. The Morgan fingerprint density at radius 2 is 1.82 bits per heavy atom. The summed E-state index contributed by atoms with van der Waals surface area (Å²) in [7, 11) is 0. The molecule has 5 rings (SSSR count). The van der Waals surface area contributed by atoms with E-state index in [4.69, 9.17) is 10.1 Å². The predicted molar refractivity (Wildman–Crippen MR) is 112 cm³/mol. The van der Waals surface area contributed by atoms with Crippen molar-refractivity contribution in [1.82, 2.24) is 14.8 Å². The van der Waals surface area contributed by atoms with Gasteiger partial charge in [0, 0.05) is 17.9 Å². The molecular weight excluding hydrogens is 368 g/mol. The fourth-order valence-electron chi connectivity index (χ4n) is 3.88. The first-order chi connectivity index (χ1) is 13.5. The summed E-state index contributed by atoms with van der Waals surface area (Å²) >= 11 is 1.59. The molecule has 1 amide bonds. The van der Waals surface area contributed by atoms with E-state index >= 15 is 0 Å². The highest BCUT2D eigenvalue weighted by Crippen LogP contribution is 2.41. The van der Waals surface area contributed by atoms with Gasteiger partial charge in [-0.2, -0.15) is 9.78 Å². The number of aromatic nitrogens is 3. The molecule has 3 heterocycles. The van der Waals surface area contributed by atoms with Crippen LogP contribution in [0.2, 0.25) is 0 Å². The number of nitrogens with zero attached hydrogens (tertiary/aromatic N) is 3. The Labute approximate surface area is 167 Å². The molecule has 4 aromatic rings. The lowest BCUT2D eigenvalue weighted by molar-refractivity contribution is -0.116. The minimum atomic E-state index is 0.00900. The number of benzene rings is 2. The molecule has 0 spiro atoms. The second kappa shape index (κ2) is 6.27. The predicted octanol–water partition coefficient (Wildman–Crippen LogP) is 4.88. The normalized spacial score (nSPS) is 16.2. The number of thiazole rings is 1. The number of carbonyl (C=O) groups is 1. The summed E-state index contributed by atoms with van der Waals surface area (Å²) in [6.45, 7) is 6.15. The third-order valence-corrected chi connectivity index (χ3v) is 6.29. The van der Waals surface area contributed by atoms with Crippen molar-refractivity contribution in [2.24, 2.45) is 0 Å². The lowest BCUT2D eigenvalue weighted by Gasteiger charge is -2.24. The highest BCUT2D eigenvalue weighted by atomic mass is 32.1. The molecule has 0 radical (unpaired) electrons. The molecule has 0 saturated carbocycles. The highest BCUT2D eigenvalue weighted by molar-refractivity contribution is 7.20. The zero-order valence-corrected chi connectivity index (χ0v) is 16.8. The van der Waals surface area contributed by atoms with E-state index in [1.165, 1.54) is 11.1 Å². The van der Waals surface area contributed by atoms with Gasteiger partial charge in [0.25, 0.3) is 0 Å². The number of fused-ring (bicyclic) bond motifs is 2. The van der Waals surface area contributed by atoms with Crippen molar-refractivity contribution in [1.29, 1.82) is 0 Å². The van der Waals surface area contributed by atoms with Crippen LogP contribution in [0.5, 0.6) is 0 Å². The molecule has 1 aliphatic rings. The molecule has 1 N–H and O–H groups in total. The van der Waals surface area contributed by atoms with E-state index in [1.807, 2.05) is 13.0 Å². The van der Waals surface area contributed by atoms with Crippen molar-refractivity contribution in [3.05, 3.63) is 70.4 Å². The zero-order chi connectivity index (χ0) is 19.4. The van der Waals surface area contributed by atoms with E-state index in [0.717, 1.165) is 38.0 Å². The van der Waals surface area contributed by atoms with Gasteiger partial charge in [-0.25, -0.2) is 4.98 Å². The third-order valence-electron chi connectivity index (χ3n) is 5.30. The first kappa shape index (κ1) is 17.1. The molecule has 0 bridgehead atoms. The van der Waals surface area contributed by atoms with Crippen LogP contribution < -0.4 is 5.32 Å². The fourth-order valence-corrected chi connectivity index (χ4v) is 4.90. The molecule has 0 saturated heterocycles. The largest absolute Gasteiger partial charge is 0.310 e. The maximum atomic E-state index is 12.5. The molecule has 140 valence electrons. The second-order valence-electron chi connectivity index (χ2n) is 7.44. The molecule has 0 unspecified atom stereocenters. The number of hydrogen-bond donors (Lipinski definition) is 1. The molecular formula is C22H20N4OS. The van der Waals surface area contributed by atoms with E-state index in [9.17, 15) is 4.79 Å². The van der Waals surface area contributed by atoms with Crippen molar-refractivity contribution in [3.8, 4) is 5.13 Å². The van der Waals surface area contributed by atoms with Gasteiger partial charge >= 0.3 is 0 Å². The standard InChI is InChI=1S/C22H20N4OS/c1-12-4-7-15(8-5-12)16-11-19(27)24-21-20(16)14(3)25-26(21)22-23-17-9-6-13(2)10-18(17)28-22/h4-10,16H,11H2,1-3H3,(H,24,27)/t16-/m0/s1. The maximum absolute atomic E-state index is 12.5. The summed E-state index contributed by atoms with van der Waals surface area (Å²) in [5.74, 6) is 0.765. The summed E-state index contributed by atoms with van der Waals surface area (Å²) in [5.41, 5.74) is 6.51. The van der Waals surface area contributed by atoms with Crippen LogP contribution >= 0.6 is 11.3 Å². The topological polar surface area (TPSA) is 59.8 Å². The number of nitrogens with one attached hydrogen (secondary N) is 1. The van der Waals surface area contributed by atoms with Gasteiger partial charge < -0.3 is 5.32 Å². The van der Waals surface area contributed by atoms with Crippen LogP contribution in [0.25, 0.3) is 15.3 Å². The smallest absolute Gasteiger partial charge is 0.226 e. The van der Waals surface area contributed by atoms with E-state index in [2.05, 4.69) is 55.6 Å². The summed E-state index contributed by atoms with van der Waals surface area (Å²) in [6.07, 6.45) is 0.432. The first-order valence-electron chi connectivity index (χ1n) is 9.33. The lowest BCUT2D eigenvalue weighted by Crippen LogP contribution is -2.24. The average molecular weight is 388 g/mol. The lowest BCUT2D eigenvalue weighted by atomic mass is 9.85. The summed E-state index contributed by atoms with van der Waals surface area (Å²) in [4.78, 5) is 17.3. The number of amides is 1. The van der Waals surface area contributed by atoms with Gasteiger partial charge in [0.15, 0.2) is 0 Å². The fraction of sp³-hybridized carbons (Fsp3) is 0.227. The van der Waals surface area contributed by atoms with Crippen LogP contribution in [-0.4, -0.2) is 20.7 Å². The van der Waals surface area contributed by atoms with E-state index in [1.54, 1.807) is 16.0 Å². The number of anilines is 1. The van der Waals surface area contributed by atoms with Crippen LogP contribution in [-0.2, 0) is 4.79 Å². The second-order valence-corrected chi connectivity index (χ2v) is 8.45. The minimum absolute atomic E-state index is 0.00900. The van der Waals surface area contributed by atoms with Gasteiger partial charge in [0.1, 0.15) is 5.82 Å². The van der Waals surface area contributed by atoms with E-state index in [0.29, 0.717) is 6.42 Å². The Morgan fingerprint density at radius 1 is 1.07 bits per heavy atom. The quantitative estimate of drug-likeness (QED) is 0.532. The molecule has 0 fully saturated rings. The van der Waals surface area contributed by atoms with E-state index < -0.39 is 0 Å². The summed E-state index contributed by atoms with van der Waals surface area (Å²) in [6, 6.07) is 14.6. The molecule has 0 aliphatic carbocycles. The van der Waals surface area contributed by atoms with Crippen molar-refractivity contribution >= 4 is 33.3 Å². The molecule has 1 aliphatic heterocycles. The van der Waals surface area contributed by atoms with E-state index in [-0.39, 0.29) is 11.8 Å². The number of hydrogen-bond acceptors (Lipinski definition) is 4. The number of aryl methyl sites for hydroxylation is 3. The average Bonchev–Trinajstić information content (AvgIpc) is 3.22. The Morgan fingerprint density at radius 3 is 2.61 bits per heavy atom. The minimum Gasteiger partial charge on any atom is -0.310 e. The Hall–Kier alpha value is -2.99. The molecule has 5 nitrogen and oxygen atoms in total.